The predicted molar refractivity (Wildman–Crippen MR) is 77.6 cm³/mol. The molecule has 1 fully saturated rings. The van der Waals surface area contributed by atoms with Crippen molar-refractivity contribution in [2.24, 2.45) is 0 Å². The molecule has 0 saturated carbocycles. The summed E-state index contributed by atoms with van der Waals surface area (Å²) < 4.78 is 33.0. The van der Waals surface area contributed by atoms with Gasteiger partial charge in [-0.05, 0) is 54.4 Å². The Labute approximate surface area is 122 Å². The van der Waals surface area contributed by atoms with Gasteiger partial charge in [-0.15, -0.1) is 0 Å². The van der Waals surface area contributed by atoms with Gasteiger partial charge in [0.05, 0.1) is 17.1 Å². The van der Waals surface area contributed by atoms with Gasteiger partial charge in [0, 0.05) is 17.6 Å². The molecule has 1 aliphatic rings. The smallest absolute Gasteiger partial charge is 0.244 e. The van der Waals surface area contributed by atoms with Crippen LogP contribution < -0.4 is 0 Å². The van der Waals surface area contributed by atoms with Gasteiger partial charge < -0.3 is 4.74 Å². The van der Waals surface area contributed by atoms with Crippen molar-refractivity contribution >= 4 is 26.0 Å². The molecule has 0 bridgehead atoms. The first-order valence-electron chi connectivity index (χ1n) is 6.22. The highest BCUT2D eigenvalue weighted by atomic mass is 79.9. The van der Waals surface area contributed by atoms with Crippen LogP contribution in [0.25, 0.3) is 0 Å². The quantitative estimate of drug-likeness (QED) is 0.825. The topological polar surface area (TPSA) is 46.6 Å². The Morgan fingerprint density at radius 1 is 1.26 bits per heavy atom. The van der Waals surface area contributed by atoms with E-state index < -0.39 is 10.0 Å². The Balaban J connectivity index is 2.36. The van der Waals surface area contributed by atoms with Gasteiger partial charge in [-0.1, -0.05) is 6.07 Å². The maximum Gasteiger partial charge on any atom is 0.244 e. The van der Waals surface area contributed by atoms with Crippen molar-refractivity contribution < 1.29 is 13.2 Å². The van der Waals surface area contributed by atoms with Crippen LogP contribution in [0.15, 0.2) is 27.6 Å². The minimum absolute atomic E-state index is 0.0808. The molecular weight excluding hydrogens is 330 g/mol. The number of ether oxygens (including phenoxy) is 1. The fourth-order valence-corrected chi connectivity index (χ4v) is 5.02. The van der Waals surface area contributed by atoms with Crippen LogP contribution >= 0.6 is 15.9 Å². The third-order valence-corrected chi connectivity index (χ3v) is 5.90. The molecule has 4 nitrogen and oxygen atoms in total. The monoisotopic (exact) mass is 347 g/mol. The Kier molecular flexibility index (Phi) is 4.35. The summed E-state index contributed by atoms with van der Waals surface area (Å²) in [6.07, 6.45) is -0.162. The lowest BCUT2D eigenvalue weighted by Crippen LogP contribution is -2.48. The highest BCUT2D eigenvalue weighted by Gasteiger charge is 2.33. The Bertz CT molecular complexity index is 563. The second-order valence-electron chi connectivity index (χ2n) is 5.01. The van der Waals surface area contributed by atoms with E-state index in [0.29, 0.717) is 22.5 Å². The van der Waals surface area contributed by atoms with E-state index in [0.717, 1.165) is 5.56 Å². The van der Waals surface area contributed by atoms with Crippen molar-refractivity contribution in [3.05, 3.63) is 28.2 Å². The Hall–Kier alpha value is -0.430. The molecular formula is C13H18BrNO3S. The van der Waals surface area contributed by atoms with Crippen molar-refractivity contribution in [2.75, 3.05) is 13.1 Å². The second kappa shape index (κ2) is 5.52. The molecule has 6 heteroatoms. The molecule has 1 aromatic carbocycles. The number of morpholine rings is 1. The third kappa shape index (κ3) is 3.18. The van der Waals surface area contributed by atoms with Crippen LogP contribution in [0.3, 0.4) is 0 Å². The molecule has 106 valence electrons. The lowest BCUT2D eigenvalue weighted by Gasteiger charge is -2.34. The molecule has 0 unspecified atom stereocenters. The van der Waals surface area contributed by atoms with E-state index in [-0.39, 0.29) is 12.2 Å². The lowest BCUT2D eigenvalue weighted by molar-refractivity contribution is -0.0440. The first-order valence-corrected chi connectivity index (χ1v) is 8.46. The number of halogens is 1. The second-order valence-corrected chi connectivity index (χ2v) is 7.77. The molecule has 0 radical (unpaired) electrons. The summed E-state index contributed by atoms with van der Waals surface area (Å²) in [7, 11) is -3.47. The zero-order valence-corrected chi connectivity index (χ0v) is 13.7. The summed E-state index contributed by atoms with van der Waals surface area (Å²) in [5.41, 5.74) is 1.02. The Morgan fingerprint density at radius 2 is 1.84 bits per heavy atom. The van der Waals surface area contributed by atoms with Gasteiger partial charge in [0.2, 0.25) is 10.0 Å². The summed E-state index contributed by atoms with van der Waals surface area (Å²) in [4.78, 5) is 0.319. The zero-order valence-electron chi connectivity index (χ0n) is 11.3. The maximum atomic E-state index is 12.7. The molecule has 0 amide bonds. The van der Waals surface area contributed by atoms with Gasteiger partial charge in [-0.2, -0.15) is 4.31 Å². The highest BCUT2D eigenvalue weighted by molar-refractivity contribution is 9.10. The van der Waals surface area contributed by atoms with Gasteiger partial charge >= 0.3 is 0 Å². The van der Waals surface area contributed by atoms with Gasteiger partial charge in [0.25, 0.3) is 0 Å². The zero-order chi connectivity index (χ0) is 14.2. The molecule has 19 heavy (non-hydrogen) atoms. The molecule has 0 N–H and O–H groups in total. The molecule has 1 saturated heterocycles. The number of sulfonamides is 1. The predicted octanol–water partition coefficient (Wildman–Crippen LogP) is 2.56. The standard InChI is InChI=1S/C13H18BrNO3S/c1-9-4-5-13(12(14)6-9)19(16,17)15-7-10(2)18-11(3)8-15/h4-6,10-11H,7-8H2,1-3H3/t10-,11+. The van der Waals surface area contributed by atoms with E-state index in [4.69, 9.17) is 4.74 Å². The minimum atomic E-state index is -3.47. The van der Waals surface area contributed by atoms with Crippen LogP contribution in [0.2, 0.25) is 0 Å². The SMILES string of the molecule is Cc1ccc(S(=O)(=O)N2C[C@@H](C)O[C@@H](C)C2)c(Br)c1. The number of benzene rings is 1. The molecule has 1 heterocycles. The molecule has 0 aliphatic carbocycles. The van der Waals surface area contributed by atoms with Crippen LogP contribution in [-0.2, 0) is 14.8 Å². The molecule has 1 aliphatic heterocycles. The minimum Gasteiger partial charge on any atom is -0.373 e. The highest BCUT2D eigenvalue weighted by Crippen LogP contribution is 2.28. The van der Waals surface area contributed by atoms with Crippen LogP contribution in [0.5, 0.6) is 0 Å². The first-order chi connectivity index (χ1) is 8.80. The summed E-state index contributed by atoms with van der Waals surface area (Å²) in [6.45, 7) is 6.50. The van der Waals surface area contributed by atoms with Crippen LogP contribution in [-0.4, -0.2) is 38.0 Å². The van der Waals surface area contributed by atoms with E-state index in [1.807, 2.05) is 32.9 Å². The van der Waals surface area contributed by atoms with E-state index in [9.17, 15) is 8.42 Å². The lowest BCUT2D eigenvalue weighted by atomic mass is 10.2. The fraction of sp³-hybridized carbons (Fsp3) is 0.538. The molecule has 2 atom stereocenters. The molecule has 0 spiro atoms. The normalized spacial score (nSPS) is 25.5. The maximum absolute atomic E-state index is 12.7. The van der Waals surface area contributed by atoms with Gasteiger partial charge in [0.15, 0.2) is 0 Å². The van der Waals surface area contributed by atoms with Crippen molar-refractivity contribution in [1.29, 1.82) is 0 Å². The number of aryl methyl sites for hydroxylation is 1. The van der Waals surface area contributed by atoms with Crippen molar-refractivity contribution in [3.63, 3.8) is 0 Å². The number of rotatable bonds is 2. The van der Waals surface area contributed by atoms with Crippen LogP contribution in [0.4, 0.5) is 0 Å². The molecule has 0 aromatic heterocycles. The van der Waals surface area contributed by atoms with Crippen LogP contribution in [0, 0.1) is 6.92 Å². The van der Waals surface area contributed by atoms with Crippen LogP contribution in [0.1, 0.15) is 19.4 Å². The van der Waals surface area contributed by atoms with Gasteiger partial charge in [-0.25, -0.2) is 8.42 Å². The fourth-order valence-electron chi connectivity index (χ4n) is 2.28. The van der Waals surface area contributed by atoms with Crippen molar-refractivity contribution in [2.45, 2.75) is 37.9 Å². The summed E-state index contributed by atoms with van der Waals surface area (Å²) in [6, 6.07) is 5.28. The van der Waals surface area contributed by atoms with E-state index >= 15 is 0 Å². The number of hydrogen-bond acceptors (Lipinski definition) is 3. The van der Waals surface area contributed by atoms with E-state index in [2.05, 4.69) is 15.9 Å². The van der Waals surface area contributed by atoms with Gasteiger partial charge in [0.1, 0.15) is 0 Å². The summed E-state index contributed by atoms with van der Waals surface area (Å²) in [5, 5.41) is 0. The average molecular weight is 348 g/mol. The summed E-state index contributed by atoms with van der Waals surface area (Å²) in [5.74, 6) is 0. The molecule has 1 aromatic rings. The molecule has 2 rings (SSSR count). The van der Waals surface area contributed by atoms with E-state index in [1.165, 1.54) is 4.31 Å². The van der Waals surface area contributed by atoms with Crippen molar-refractivity contribution in [3.8, 4) is 0 Å². The Morgan fingerprint density at radius 3 is 2.37 bits per heavy atom. The van der Waals surface area contributed by atoms with Crippen molar-refractivity contribution in [1.82, 2.24) is 4.31 Å². The third-order valence-electron chi connectivity index (χ3n) is 3.09. The summed E-state index contributed by atoms with van der Waals surface area (Å²) >= 11 is 3.34. The first kappa shape index (κ1) is 15.0. The number of hydrogen-bond donors (Lipinski definition) is 0. The van der Waals surface area contributed by atoms with E-state index in [1.54, 1.807) is 6.07 Å². The average Bonchev–Trinajstić information content (AvgIpc) is 2.26. The van der Waals surface area contributed by atoms with Gasteiger partial charge in [-0.3, -0.25) is 0 Å². The number of nitrogens with zero attached hydrogens (tertiary/aromatic N) is 1. The largest absolute Gasteiger partial charge is 0.373 e.